The fraction of sp³-hybridized carbons (Fsp3) is 0.214. The van der Waals surface area contributed by atoms with Crippen molar-refractivity contribution < 1.29 is 9.36 Å². The quantitative estimate of drug-likeness (QED) is 0.719. The maximum Gasteiger partial charge on any atom is 0.355 e. The van der Waals surface area contributed by atoms with E-state index in [1.54, 1.807) is 0 Å². The smallest absolute Gasteiger partial charge is 0.303 e. The molecule has 0 unspecified atom stereocenters. The van der Waals surface area contributed by atoms with Gasteiger partial charge in [0.1, 0.15) is 0 Å². The van der Waals surface area contributed by atoms with Crippen LogP contribution in [0.15, 0.2) is 36.4 Å². The van der Waals surface area contributed by atoms with E-state index in [1.807, 2.05) is 43.3 Å². The number of nitrogens with one attached hydrogen (secondary N) is 3. The van der Waals surface area contributed by atoms with Crippen molar-refractivity contribution in [2.45, 2.75) is 13.3 Å². The first-order valence-electron chi connectivity index (χ1n) is 6.75. The highest BCUT2D eigenvalue weighted by molar-refractivity contribution is 8.14. The van der Waals surface area contributed by atoms with E-state index < -0.39 is 7.59 Å². The molecular weight excluding hydrogens is 305 g/mol. The van der Waals surface area contributed by atoms with Gasteiger partial charge in [0.15, 0.2) is 0 Å². The Morgan fingerprint density at radius 2 is 1.81 bits per heavy atom. The van der Waals surface area contributed by atoms with Gasteiger partial charge in [0.05, 0.1) is 11.4 Å². The van der Waals surface area contributed by atoms with E-state index in [2.05, 4.69) is 15.3 Å². The molecule has 0 fully saturated rings. The lowest BCUT2D eigenvalue weighted by Crippen LogP contribution is -2.27. The Balaban J connectivity index is 1.89. The summed E-state index contributed by atoms with van der Waals surface area (Å²) < 4.78 is 12.8. The first kappa shape index (κ1) is 14.3. The molecule has 0 spiro atoms. The summed E-state index contributed by atoms with van der Waals surface area (Å²) >= 11 is 1.14. The summed E-state index contributed by atoms with van der Waals surface area (Å²) in [5.41, 5.74) is 1.54. The molecule has 2 aromatic rings. The Morgan fingerprint density at radius 1 is 1.19 bits per heavy atom. The first-order chi connectivity index (χ1) is 10.1. The number of carbonyl (C=O) groups is 1. The molecule has 3 N–H and O–H groups in total. The number of rotatable bonds is 3. The van der Waals surface area contributed by atoms with Gasteiger partial charge in [-0.1, -0.05) is 43.0 Å². The molecule has 3 rings (SSSR count). The van der Waals surface area contributed by atoms with E-state index in [0.29, 0.717) is 5.75 Å². The lowest BCUT2D eigenvalue weighted by atomic mass is 10.1. The lowest BCUT2D eigenvalue weighted by Gasteiger charge is -2.29. The lowest BCUT2D eigenvalue weighted by molar-refractivity contribution is 0.264. The standard InChI is InChI=1S/C14H16N3O2PS/c1-2-9-21-14(18)17-20(19)15-11-7-3-5-10-6-4-8-12(16-20)13(10)11/h3-8H,2,9H2,1H3,(H3,15,16,17,18,19). The Hall–Kier alpha value is -1.65. The Labute approximate surface area is 127 Å². The summed E-state index contributed by atoms with van der Waals surface area (Å²) in [7, 11) is -3.22. The van der Waals surface area contributed by atoms with Crippen molar-refractivity contribution in [2.24, 2.45) is 0 Å². The van der Waals surface area contributed by atoms with Crippen LogP contribution in [-0.4, -0.2) is 11.0 Å². The van der Waals surface area contributed by atoms with Crippen LogP contribution >= 0.6 is 19.4 Å². The van der Waals surface area contributed by atoms with E-state index >= 15 is 0 Å². The molecule has 0 aromatic heterocycles. The summed E-state index contributed by atoms with van der Waals surface area (Å²) in [5, 5.41) is 10.2. The molecular formula is C14H16N3O2PS. The zero-order valence-corrected chi connectivity index (χ0v) is 13.3. The third kappa shape index (κ3) is 2.87. The molecule has 0 saturated heterocycles. The van der Waals surface area contributed by atoms with Crippen LogP contribution in [0.3, 0.4) is 0 Å². The van der Waals surface area contributed by atoms with E-state index in [9.17, 15) is 9.36 Å². The Bertz CT molecular complexity index is 705. The summed E-state index contributed by atoms with van der Waals surface area (Å²) in [4.78, 5) is 11.8. The molecule has 1 heterocycles. The van der Waals surface area contributed by atoms with Gasteiger partial charge in [-0.3, -0.25) is 14.4 Å². The number of hydrogen-bond acceptors (Lipinski definition) is 3. The van der Waals surface area contributed by atoms with Crippen LogP contribution in [0.2, 0.25) is 0 Å². The summed E-state index contributed by atoms with van der Waals surface area (Å²) in [5.74, 6) is 0.706. The third-order valence-electron chi connectivity index (χ3n) is 3.15. The molecule has 5 nitrogen and oxygen atoms in total. The molecule has 0 saturated carbocycles. The topological polar surface area (TPSA) is 70.2 Å². The summed E-state index contributed by atoms with van der Waals surface area (Å²) in [6, 6.07) is 11.5. The molecule has 2 aromatic carbocycles. The molecule has 1 amide bonds. The zero-order chi connectivity index (χ0) is 14.9. The Kier molecular flexibility index (Phi) is 3.83. The van der Waals surface area contributed by atoms with Crippen LogP contribution in [0, 0.1) is 0 Å². The third-order valence-corrected chi connectivity index (χ3v) is 5.90. The average Bonchev–Trinajstić information content (AvgIpc) is 2.45. The molecule has 21 heavy (non-hydrogen) atoms. The second-order valence-electron chi connectivity index (χ2n) is 4.79. The number of thioether (sulfide) groups is 1. The fourth-order valence-corrected chi connectivity index (χ4v) is 4.82. The van der Waals surface area contributed by atoms with Crippen LogP contribution < -0.4 is 15.3 Å². The van der Waals surface area contributed by atoms with E-state index in [0.717, 1.165) is 40.3 Å². The van der Waals surface area contributed by atoms with Crippen molar-refractivity contribution in [3.05, 3.63) is 36.4 Å². The minimum absolute atomic E-state index is 0.285. The van der Waals surface area contributed by atoms with Crippen molar-refractivity contribution in [2.75, 3.05) is 15.9 Å². The summed E-state index contributed by atoms with van der Waals surface area (Å²) in [6.07, 6.45) is 0.894. The zero-order valence-electron chi connectivity index (χ0n) is 11.6. The molecule has 1 aliphatic rings. The summed E-state index contributed by atoms with van der Waals surface area (Å²) in [6.45, 7) is 2.00. The van der Waals surface area contributed by atoms with Gasteiger partial charge in [-0.05, 0) is 23.9 Å². The molecule has 0 aliphatic carbocycles. The minimum atomic E-state index is -3.22. The predicted octanol–water partition coefficient (Wildman–Crippen LogP) is 4.64. The second kappa shape index (κ2) is 5.62. The molecule has 1 aliphatic heterocycles. The van der Waals surface area contributed by atoms with Gasteiger partial charge < -0.3 is 10.2 Å². The highest BCUT2D eigenvalue weighted by atomic mass is 32.2. The molecule has 0 bridgehead atoms. The monoisotopic (exact) mass is 321 g/mol. The number of hydrogen-bond donors (Lipinski definition) is 3. The number of benzene rings is 2. The van der Waals surface area contributed by atoms with Crippen LogP contribution in [-0.2, 0) is 4.57 Å². The van der Waals surface area contributed by atoms with E-state index in [4.69, 9.17) is 0 Å². The van der Waals surface area contributed by atoms with Gasteiger partial charge in [-0.25, -0.2) is 0 Å². The van der Waals surface area contributed by atoms with Crippen LogP contribution in [0.25, 0.3) is 10.8 Å². The van der Waals surface area contributed by atoms with E-state index in [1.165, 1.54) is 0 Å². The van der Waals surface area contributed by atoms with Crippen molar-refractivity contribution in [1.82, 2.24) is 5.09 Å². The molecule has 0 radical (unpaired) electrons. The largest absolute Gasteiger partial charge is 0.355 e. The molecule has 7 heteroatoms. The minimum Gasteiger partial charge on any atom is -0.303 e. The SMILES string of the molecule is CCCSC(=O)NP1(=O)Nc2cccc3cccc(c23)N1. The van der Waals surface area contributed by atoms with Crippen LogP contribution in [0.5, 0.6) is 0 Å². The second-order valence-corrected chi connectivity index (χ2v) is 7.75. The maximum atomic E-state index is 12.8. The normalized spacial score (nSPS) is 15.1. The first-order valence-corrected chi connectivity index (χ1v) is 9.44. The van der Waals surface area contributed by atoms with Gasteiger partial charge in [-0.15, -0.1) is 0 Å². The van der Waals surface area contributed by atoms with Crippen molar-refractivity contribution >= 4 is 46.7 Å². The van der Waals surface area contributed by atoms with Crippen molar-refractivity contribution in [1.29, 1.82) is 0 Å². The van der Waals surface area contributed by atoms with Crippen LogP contribution in [0.4, 0.5) is 16.2 Å². The average molecular weight is 321 g/mol. The maximum absolute atomic E-state index is 12.8. The highest BCUT2D eigenvalue weighted by Gasteiger charge is 2.30. The number of anilines is 2. The van der Waals surface area contributed by atoms with E-state index in [-0.39, 0.29) is 5.24 Å². The fourth-order valence-electron chi connectivity index (χ4n) is 2.31. The van der Waals surface area contributed by atoms with Gasteiger partial charge in [0.25, 0.3) is 5.24 Å². The molecule has 0 atom stereocenters. The van der Waals surface area contributed by atoms with Gasteiger partial charge in [-0.2, -0.15) is 0 Å². The highest BCUT2D eigenvalue weighted by Crippen LogP contribution is 2.50. The predicted molar refractivity (Wildman–Crippen MR) is 90.1 cm³/mol. The van der Waals surface area contributed by atoms with Gasteiger partial charge in [0.2, 0.25) is 0 Å². The van der Waals surface area contributed by atoms with Crippen molar-refractivity contribution in [3.63, 3.8) is 0 Å². The van der Waals surface area contributed by atoms with Gasteiger partial charge in [0, 0.05) is 11.1 Å². The number of amides is 1. The number of carbonyl (C=O) groups excluding carboxylic acids is 1. The van der Waals surface area contributed by atoms with Gasteiger partial charge >= 0.3 is 7.59 Å². The molecule has 110 valence electrons. The Morgan fingerprint density at radius 3 is 2.38 bits per heavy atom. The van der Waals surface area contributed by atoms with Crippen molar-refractivity contribution in [3.8, 4) is 0 Å². The van der Waals surface area contributed by atoms with Crippen LogP contribution in [0.1, 0.15) is 13.3 Å².